The van der Waals surface area contributed by atoms with Crippen LogP contribution in [-0.2, 0) is 9.53 Å². The van der Waals surface area contributed by atoms with Gasteiger partial charge in [-0.1, -0.05) is 37.7 Å². The average molecular weight is 280 g/mol. The molecular formula is C14H20N2O2S. The molecule has 19 heavy (non-hydrogen) atoms. The topological polar surface area (TPSA) is 64.3 Å². The van der Waals surface area contributed by atoms with Gasteiger partial charge in [0.25, 0.3) is 0 Å². The van der Waals surface area contributed by atoms with Crippen LogP contribution in [0, 0.1) is 0 Å². The van der Waals surface area contributed by atoms with Gasteiger partial charge < -0.3 is 15.8 Å². The van der Waals surface area contributed by atoms with Crippen LogP contribution in [0.15, 0.2) is 24.3 Å². The summed E-state index contributed by atoms with van der Waals surface area (Å²) in [5.74, 6) is -0.0970. The zero-order valence-corrected chi connectivity index (χ0v) is 12.0. The van der Waals surface area contributed by atoms with Crippen LogP contribution in [0.4, 0.5) is 5.69 Å². The Morgan fingerprint density at radius 1 is 1.37 bits per heavy atom. The molecule has 0 aliphatic carbocycles. The van der Waals surface area contributed by atoms with E-state index in [2.05, 4.69) is 12.2 Å². The molecule has 0 aliphatic heterocycles. The number of rotatable bonds is 8. The van der Waals surface area contributed by atoms with Crippen molar-refractivity contribution >= 4 is 28.8 Å². The fourth-order valence-corrected chi connectivity index (χ4v) is 1.71. The van der Waals surface area contributed by atoms with Gasteiger partial charge in [-0.05, 0) is 18.6 Å². The highest BCUT2D eigenvalue weighted by Crippen LogP contribution is 2.14. The summed E-state index contributed by atoms with van der Waals surface area (Å²) in [7, 11) is 0. The molecule has 0 bridgehead atoms. The van der Waals surface area contributed by atoms with Crippen molar-refractivity contribution in [2.45, 2.75) is 26.2 Å². The molecular weight excluding hydrogens is 260 g/mol. The Kier molecular flexibility index (Phi) is 7.07. The fraction of sp³-hybridized carbons (Fsp3) is 0.429. The van der Waals surface area contributed by atoms with E-state index in [4.69, 9.17) is 22.7 Å². The summed E-state index contributed by atoms with van der Waals surface area (Å²) in [6, 6.07) is 7.23. The van der Waals surface area contributed by atoms with Crippen molar-refractivity contribution in [1.82, 2.24) is 0 Å². The first-order valence-corrected chi connectivity index (χ1v) is 6.82. The van der Waals surface area contributed by atoms with Gasteiger partial charge in [-0.15, -0.1) is 0 Å². The number of anilines is 1. The number of amides is 1. The Bertz CT molecular complexity index is 435. The van der Waals surface area contributed by atoms with Crippen molar-refractivity contribution in [3.8, 4) is 0 Å². The first kappa shape index (κ1) is 15.6. The summed E-state index contributed by atoms with van der Waals surface area (Å²) in [5.41, 5.74) is 6.93. The average Bonchev–Trinajstić information content (AvgIpc) is 2.39. The third-order valence-electron chi connectivity index (χ3n) is 2.58. The second kappa shape index (κ2) is 8.61. The molecule has 0 heterocycles. The van der Waals surface area contributed by atoms with E-state index in [1.54, 1.807) is 12.1 Å². The predicted octanol–water partition coefficient (Wildman–Crippen LogP) is 2.47. The van der Waals surface area contributed by atoms with Gasteiger partial charge in [0.05, 0.1) is 18.7 Å². The number of unbranched alkanes of at least 4 members (excludes halogenated alkanes) is 1. The molecule has 0 aromatic heterocycles. The zero-order valence-electron chi connectivity index (χ0n) is 11.1. The number of benzene rings is 1. The number of nitrogens with one attached hydrogen (secondary N) is 1. The van der Waals surface area contributed by atoms with E-state index >= 15 is 0 Å². The van der Waals surface area contributed by atoms with Crippen molar-refractivity contribution < 1.29 is 9.53 Å². The number of ether oxygens (including phenoxy) is 1. The van der Waals surface area contributed by atoms with E-state index in [9.17, 15) is 4.79 Å². The van der Waals surface area contributed by atoms with Crippen molar-refractivity contribution in [2.75, 3.05) is 18.5 Å². The van der Waals surface area contributed by atoms with Gasteiger partial charge in [0, 0.05) is 12.2 Å². The van der Waals surface area contributed by atoms with Gasteiger partial charge in [0.15, 0.2) is 0 Å². The molecule has 104 valence electrons. The number of hydrogen-bond donors (Lipinski definition) is 2. The lowest BCUT2D eigenvalue weighted by atomic mass is 10.1. The highest BCUT2D eigenvalue weighted by molar-refractivity contribution is 7.80. The Morgan fingerprint density at radius 3 is 2.79 bits per heavy atom. The number of nitrogens with two attached hydrogens (primary N) is 1. The lowest BCUT2D eigenvalue weighted by molar-refractivity contribution is -0.117. The van der Waals surface area contributed by atoms with E-state index in [0.29, 0.717) is 30.9 Å². The number of carbonyl (C=O) groups excluding carboxylic acids is 1. The summed E-state index contributed by atoms with van der Waals surface area (Å²) in [6.45, 7) is 3.23. The lowest BCUT2D eigenvalue weighted by Crippen LogP contribution is -2.18. The number of carbonyl (C=O) groups is 1. The van der Waals surface area contributed by atoms with Crippen molar-refractivity contribution in [3.63, 3.8) is 0 Å². The number of thiocarbonyl (C=S) groups is 1. The highest BCUT2D eigenvalue weighted by atomic mass is 32.1. The zero-order chi connectivity index (χ0) is 14.1. The normalized spacial score (nSPS) is 10.2. The first-order valence-electron chi connectivity index (χ1n) is 6.41. The van der Waals surface area contributed by atoms with Gasteiger partial charge in [0.1, 0.15) is 4.99 Å². The molecule has 0 aliphatic rings. The second-order valence-electron chi connectivity index (χ2n) is 4.17. The monoisotopic (exact) mass is 280 g/mol. The maximum absolute atomic E-state index is 11.7. The summed E-state index contributed by atoms with van der Waals surface area (Å²) in [6.07, 6.45) is 2.44. The maximum Gasteiger partial charge on any atom is 0.226 e. The molecule has 4 nitrogen and oxygen atoms in total. The fourth-order valence-electron chi connectivity index (χ4n) is 1.53. The Labute approximate surface area is 119 Å². The van der Waals surface area contributed by atoms with Crippen molar-refractivity contribution in [2.24, 2.45) is 5.73 Å². The standard InChI is InChI=1S/C14H20N2O2S/c1-2-3-9-18-10-8-13(17)16-12-7-5-4-6-11(12)14(15)19/h4-7H,2-3,8-10H2,1H3,(H2,15,19)(H,16,17). The van der Waals surface area contributed by atoms with Crippen LogP contribution in [0.5, 0.6) is 0 Å². The summed E-state index contributed by atoms with van der Waals surface area (Å²) in [4.78, 5) is 12.0. The van der Waals surface area contributed by atoms with Gasteiger partial charge in [-0.3, -0.25) is 4.79 Å². The van der Waals surface area contributed by atoms with Crippen LogP contribution in [-0.4, -0.2) is 24.1 Å². The van der Waals surface area contributed by atoms with Crippen molar-refractivity contribution in [3.05, 3.63) is 29.8 Å². The van der Waals surface area contributed by atoms with Crippen LogP contribution in [0.1, 0.15) is 31.7 Å². The van der Waals surface area contributed by atoms with Gasteiger partial charge in [-0.2, -0.15) is 0 Å². The molecule has 0 spiro atoms. The van der Waals surface area contributed by atoms with E-state index in [0.717, 1.165) is 12.8 Å². The maximum atomic E-state index is 11.7. The molecule has 1 aromatic carbocycles. The third-order valence-corrected chi connectivity index (χ3v) is 2.80. The molecule has 0 unspecified atom stereocenters. The lowest BCUT2D eigenvalue weighted by Gasteiger charge is -2.10. The van der Waals surface area contributed by atoms with Crippen LogP contribution in [0.3, 0.4) is 0 Å². The molecule has 0 fully saturated rings. The molecule has 0 atom stereocenters. The molecule has 0 saturated heterocycles. The highest BCUT2D eigenvalue weighted by Gasteiger charge is 2.07. The second-order valence-corrected chi connectivity index (χ2v) is 4.61. The molecule has 1 aromatic rings. The van der Waals surface area contributed by atoms with Crippen LogP contribution < -0.4 is 11.1 Å². The van der Waals surface area contributed by atoms with E-state index < -0.39 is 0 Å². The van der Waals surface area contributed by atoms with Gasteiger partial charge in [-0.25, -0.2) is 0 Å². The van der Waals surface area contributed by atoms with Gasteiger partial charge >= 0.3 is 0 Å². The third kappa shape index (κ3) is 5.81. The smallest absolute Gasteiger partial charge is 0.226 e. The predicted molar refractivity (Wildman–Crippen MR) is 81.3 cm³/mol. The Hall–Kier alpha value is -1.46. The quantitative estimate of drug-likeness (QED) is 0.567. The van der Waals surface area contributed by atoms with Crippen LogP contribution >= 0.6 is 12.2 Å². The molecule has 5 heteroatoms. The minimum Gasteiger partial charge on any atom is -0.389 e. The van der Waals surface area contributed by atoms with E-state index in [1.807, 2.05) is 12.1 Å². The SMILES string of the molecule is CCCCOCCC(=O)Nc1ccccc1C(N)=S. The summed E-state index contributed by atoms with van der Waals surface area (Å²) >= 11 is 4.94. The van der Waals surface area contributed by atoms with Crippen LogP contribution in [0.2, 0.25) is 0 Å². The molecule has 0 saturated carbocycles. The first-order chi connectivity index (χ1) is 9.15. The van der Waals surface area contributed by atoms with Crippen LogP contribution in [0.25, 0.3) is 0 Å². The summed E-state index contributed by atoms with van der Waals surface area (Å²) in [5, 5.41) is 2.80. The summed E-state index contributed by atoms with van der Waals surface area (Å²) < 4.78 is 5.35. The Morgan fingerprint density at radius 2 is 2.11 bits per heavy atom. The minimum absolute atomic E-state index is 0.0970. The molecule has 1 rings (SSSR count). The number of hydrogen-bond acceptors (Lipinski definition) is 3. The minimum atomic E-state index is -0.0970. The molecule has 3 N–H and O–H groups in total. The van der Waals surface area contributed by atoms with Crippen molar-refractivity contribution in [1.29, 1.82) is 0 Å². The largest absolute Gasteiger partial charge is 0.389 e. The van der Waals surface area contributed by atoms with Gasteiger partial charge in [0.2, 0.25) is 5.91 Å². The van der Waals surface area contributed by atoms with E-state index in [1.165, 1.54) is 0 Å². The van der Waals surface area contributed by atoms with E-state index in [-0.39, 0.29) is 10.9 Å². The Balaban J connectivity index is 2.42. The number of para-hydroxylation sites is 1. The molecule has 1 amide bonds. The molecule has 0 radical (unpaired) electrons.